The first-order valence-corrected chi connectivity index (χ1v) is 8.56. The Bertz CT molecular complexity index is 909. The Morgan fingerprint density at radius 2 is 1.89 bits per heavy atom. The molecule has 0 aliphatic carbocycles. The highest BCUT2D eigenvalue weighted by molar-refractivity contribution is 6.09. The van der Waals surface area contributed by atoms with Gasteiger partial charge in [0.05, 0.1) is 31.3 Å². The summed E-state index contributed by atoms with van der Waals surface area (Å²) >= 11 is 0. The number of benzene rings is 2. The van der Waals surface area contributed by atoms with Crippen LogP contribution in [0, 0.1) is 0 Å². The SMILES string of the molecule is O=C(C=Cc1ccccc1CO)c1cc2c(cc1O)CCO2.c1ccoc1. The molecule has 138 valence electrons. The van der Waals surface area contributed by atoms with Gasteiger partial charge >= 0.3 is 0 Å². The lowest BCUT2D eigenvalue weighted by molar-refractivity contribution is 0.104. The van der Waals surface area contributed by atoms with Crippen LogP contribution < -0.4 is 4.74 Å². The molecule has 5 heteroatoms. The van der Waals surface area contributed by atoms with E-state index >= 15 is 0 Å². The minimum absolute atomic E-state index is 0.0330. The van der Waals surface area contributed by atoms with Gasteiger partial charge in [-0.3, -0.25) is 4.79 Å². The molecule has 2 heterocycles. The Balaban J connectivity index is 0.000000364. The molecule has 0 spiro atoms. The van der Waals surface area contributed by atoms with Gasteiger partial charge in [0, 0.05) is 12.0 Å². The molecule has 0 atom stereocenters. The van der Waals surface area contributed by atoms with Crippen LogP contribution in [-0.2, 0) is 13.0 Å². The van der Waals surface area contributed by atoms with E-state index in [1.165, 1.54) is 6.08 Å². The summed E-state index contributed by atoms with van der Waals surface area (Å²) in [6.07, 6.45) is 7.03. The molecule has 1 aliphatic heterocycles. The van der Waals surface area contributed by atoms with Crippen molar-refractivity contribution in [2.45, 2.75) is 13.0 Å². The van der Waals surface area contributed by atoms with Crippen molar-refractivity contribution in [2.24, 2.45) is 0 Å². The Hall–Kier alpha value is -3.31. The van der Waals surface area contributed by atoms with Gasteiger partial charge in [0.25, 0.3) is 0 Å². The second kappa shape index (κ2) is 8.87. The smallest absolute Gasteiger partial charge is 0.189 e. The summed E-state index contributed by atoms with van der Waals surface area (Å²) < 4.78 is 10.0. The monoisotopic (exact) mass is 364 g/mol. The molecule has 1 aromatic heterocycles. The molecule has 4 rings (SSSR count). The molecule has 1 aliphatic rings. The summed E-state index contributed by atoms with van der Waals surface area (Å²) in [5, 5.41) is 19.3. The topological polar surface area (TPSA) is 79.9 Å². The van der Waals surface area contributed by atoms with Crippen LogP contribution >= 0.6 is 0 Å². The molecule has 0 fully saturated rings. The first kappa shape index (κ1) is 18.5. The van der Waals surface area contributed by atoms with E-state index in [1.54, 1.807) is 36.8 Å². The van der Waals surface area contributed by atoms with Crippen LogP contribution in [0.3, 0.4) is 0 Å². The predicted molar refractivity (Wildman–Crippen MR) is 102 cm³/mol. The third kappa shape index (κ3) is 4.65. The number of ketones is 1. The number of phenols is 1. The summed E-state index contributed by atoms with van der Waals surface area (Å²) in [5.74, 6) is 0.322. The number of allylic oxidation sites excluding steroid dienone is 1. The second-order valence-corrected chi connectivity index (χ2v) is 5.92. The zero-order valence-electron chi connectivity index (χ0n) is 14.7. The molecule has 0 amide bonds. The van der Waals surface area contributed by atoms with Crippen molar-refractivity contribution in [3.63, 3.8) is 0 Å². The maximum atomic E-state index is 12.3. The molecule has 2 N–H and O–H groups in total. The van der Waals surface area contributed by atoms with Crippen molar-refractivity contribution in [3.8, 4) is 11.5 Å². The lowest BCUT2D eigenvalue weighted by Gasteiger charge is -2.05. The Morgan fingerprint density at radius 1 is 1.11 bits per heavy atom. The average molecular weight is 364 g/mol. The van der Waals surface area contributed by atoms with Crippen molar-refractivity contribution in [2.75, 3.05) is 6.61 Å². The van der Waals surface area contributed by atoms with Gasteiger partial charge in [-0.15, -0.1) is 0 Å². The molecule has 3 aromatic rings. The van der Waals surface area contributed by atoms with Gasteiger partial charge in [-0.1, -0.05) is 30.3 Å². The third-order valence-electron chi connectivity index (χ3n) is 4.14. The molecule has 0 saturated heterocycles. The summed E-state index contributed by atoms with van der Waals surface area (Å²) in [6, 6.07) is 14.1. The Labute approximate surface area is 157 Å². The van der Waals surface area contributed by atoms with E-state index in [2.05, 4.69) is 4.42 Å². The van der Waals surface area contributed by atoms with Crippen LogP contribution in [0.2, 0.25) is 0 Å². The van der Waals surface area contributed by atoms with Crippen molar-refractivity contribution in [1.29, 1.82) is 0 Å². The minimum Gasteiger partial charge on any atom is -0.507 e. The molecule has 0 unspecified atom stereocenters. The maximum absolute atomic E-state index is 12.3. The number of carbonyl (C=O) groups excluding carboxylic acids is 1. The van der Waals surface area contributed by atoms with E-state index in [1.807, 2.05) is 30.3 Å². The number of rotatable bonds is 4. The first-order chi connectivity index (χ1) is 13.2. The van der Waals surface area contributed by atoms with E-state index in [-0.39, 0.29) is 23.7 Å². The van der Waals surface area contributed by atoms with E-state index in [0.717, 1.165) is 23.1 Å². The summed E-state index contributed by atoms with van der Waals surface area (Å²) in [7, 11) is 0. The first-order valence-electron chi connectivity index (χ1n) is 8.56. The molecule has 27 heavy (non-hydrogen) atoms. The van der Waals surface area contributed by atoms with E-state index in [4.69, 9.17) is 4.74 Å². The number of aliphatic hydroxyl groups is 1. The highest BCUT2D eigenvalue weighted by Crippen LogP contribution is 2.32. The van der Waals surface area contributed by atoms with Crippen molar-refractivity contribution >= 4 is 11.9 Å². The van der Waals surface area contributed by atoms with Gasteiger partial charge in [0.15, 0.2) is 5.78 Å². The number of hydrogen-bond donors (Lipinski definition) is 2. The average Bonchev–Trinajstić information content (AvgIpc) is 3.40. The maximum Gasteiger partial charge on any atom is 0.189 e. The molecule has 0 saturated carbocycles. The van der Waals surface area contributed by atoms with Crippen LogP contribution in [0.4, 0.5) is 0 Å². The highest BCUT2D eigenvalue weighted by Gasteiger charge is 2.18. The fraction of sp³-hybridized carbons (Fsp3) is 0.136. The summed E-state index contributed by atoms with van der Waals surface area (Å²) in [5.41, 5.74) is 2.66. The molecule has 5 nitrogen and oxygen atoms in total. The number of carbonyl (C=O) groups is 1. The number of aliphatic hydroxyl groups excluding tert-OH is 1. The van der Waals surface area contributed by atoms with Gasteiger partial charge in [-0.05, 0) is 41.5 Å². The van der Waals surface area contributed by atoms with Crippen LogP contribution in [0.1, 0.15) is 27.0 Å². The van der Waals surface area contributed by atoms with Gasteiger partial charge in [0.1, 0.15) is 11.5 Å². The number of phenolic OH excluding ortho intramolecular Hbond substituents is 1. The van der Waals surface area contributed by atoms with Crippen LogP contribution in [0.15, 0.2) is 71.6 Å². The quantitative estimate of drug-likeness (QED) is 0.540. The number of hydrogen-bond acceptors (Lipinski definition) is 5. The van der Waals surface area contributed by atoms with E-state index in [9.17, 15) is 15.0 Å². The Kier molecular flexibility index (Phi) is 6.07. The van der Waals surface area contributed by atoms with Gasteiger partial charge in [0.2, 0.25) is 0 Å². The fourth-order valence-corrected chi connectivity index (χ4v) is 2.73. The zero-order valence-corrected chi connectivity index (χ0v) is 14.7. The van der Waals surface area contributed by atoms with Crippen LogP contribution in [-0.4, -0.2) is 22.6 Å². The molecule has 0 radical (unpaired) electrons. The number of ether oxygens (including phenoxy) is 1. The van der Waals surface area contributed by atoms with Crippen molar-refractivity contribution < 1.29 is 24.2 Å². The number of aromatic hydroxyl groups is 1. The van der Waals surface area contributed by atoms with Crippen LogP contribution in [0.25, 0.3) is 6.08 Å². The number of fused-ring (bicyclic) bond motifs is 1. The Morgan fingerprint density at radius 3 is 2.59 bits per heavy atom. The minimum atomic E-state index is -0.302. The zero-order chi connectivity index (χ0) is 19.1. The van der Waals surface area contributed by atoms with Gasteiger partial charge in [-0.2, -0.15) is 0 Å². The second-order valence-electron chi connectivity index (χ2n) is 5.92. The van der Waals surface area contributed by atoms with E-state index < -0.39 is 0 Å². The van der Waals surface area contributed by atoms with Gasteiger partial charge < -0.3 is 19.4 Å². The fourth-order valence-electron chi connectivity index (χ4n) is 2.73. The predicted octanol–water partition coefficient (Wildman–Crippen LogP) is 4.00. The summed E-state index contributed by atoms with van der Waals surface area (Å²) in [4.78, 5) is 12.3. The molecular formula is C22H20O5. The normalized spacial score (nSPS) is 12.2. The number of furan rings is 1. The van der Waals surface area contributed by atoms with Crippen molar-refractivity contribution in [1.82, 2.24) is 0 Å². The molecule has 2 aromatic carbocycles. The highest BCUT2D eigenvalue weighted by atomic mass is 16.5. The molecule has 0 bridgehead atoms. The lowest BCUT2D eigenvalue weighted by Crippen LogP contribution is -1.97. The van der Waals surface area contributed by atoms with E-state index in [0.29, 0.717) is 12.4 Å². The summed E-state index contributed by atoms with van der Waals surface area (Å²) in [6.45, 7) is 0.485. The largest absolute Gasteiger partial charge is 0.507 e. The standard InChI is InChI=1S/C18H16O4.C4H4O/c19-11-14-4-2-1-3-12(14)5-6-16(20)15-10-18-13(7-8-22-18)9-17(15)21;1-2-4-5-3-1/h1-6,9-10,19,21H,7-8,11H2;1-4H. The third-order valence-corrected chi connectivity index (χ3v) is 4.14. The lowest BCUT2D eigenvalue weighted by atomic mass is 10.0. The molecular weight excluding hydrogens is 344 g/mol. The van der Waals surface area contributed by atoms with Crippen LogP contribution in [0.5, 0.6) is 11.5 Å². The van der Waals surface area contributed by atoms with Gasteiger partial charge in [-0.25, -0.2) is 0 Å². The van der Waals surface area contributed by atoms with Crippen molar-refractivity contribution in [3.05, 3.63) is 89.4 Å².